The monoisotopic (exact) mass is 267 g/mol. The highest BCUT2D eigenvalue weighted by Gasteiger charge is 2.43. The van der Waals surface area contributed by atoms with Gasteiger partial charge in [-0.1, -0.05) is 19.3 Å². The Kier molecular flexibility index (Phi) is 4.45. The Morgan fingerprint density at radius 3 is 2.26 bits per heavy atom. The second kappa shape index (κ2) is 5.90. The Bertz CT molecular complexity index is 343. The van der Waals surface area contributed by atoms with Gasteiger partial charge in [0.2, 0.25) is 11.8 Å². The molecule has 0 aromatic carbocycles. The molecule has 1 saturated heterocycles. The summed E-state index contributed by atoms with van der Waals surface area (Å²) in [5.74, 6) is -0.00161. The van der Waals surface area contributed by atoms with Gasteiger partial charge in [-0.05, 0) is 25.7 Å². The van der Waals surface area contributed by atoms with Crippen LogP contribution in [0, 0.1) is 0 Å². The molecule has 5 heteroatoms. The van der Waals surface area contributed by atoms with Crippen LogP contribution < -0.4 is 11.1 Å². The SMILES string of the molecule is CC(=O)NC1(C(=O)N2CCC(N)CC2)CCCCC1. The van der Waals surface area contributed by atoms with Crippen LogP contribution in [0.2, 0.25) is 0 Å². The van der Waals surface area contributed by atoms with Crippen LogP contribution in [-0.2, 0) is 9.59 Å². The first kappa shape index (κ1) is 14.3. The maximum Gasteiger partial charge on any atom is 0.248 e. The Labute approximate surface area is 114 Å². The minimum Gasteiger partial charge on any atom is -0.342 e. The number of rotatable bonds is 2. The molecule has 0 aromatic heterocycles. The maximum absolute atomic E-state index is 12.8. The van der Waals surface area contributed by atoms with Crippen LogP contribution in [0.1, 0.15) is 51.9 Å². The molecule has 5 nitrogen and oxygen atoms in total. The molecule has 0 unspecified atom stereocenters. The molecule has 2 fully saturated rings. The molecule has 2 aliphatic rings. The number of likely N-dealkylation sites (tertiary alicyclic amines) is 1. The molecule has 3 N–H and O–H groups in total. The number of carbonyl (C=O) groups excluding carboxylic acids is 2. The first-order valence-electron chi connectivity index (χ1n) is 7.37. The van der Waals surface area contributed by atoms with E-state index in [1.165, 1.54) is 6.92 Å². The van der Waals surface area contributed by atoms with Crippen LogP contribution in [0.15, 0.2) is 0 Å². The van der Waals surface area contributed by atoms with Crippen LogP contribution in [0.5, 0.6) is 0 Å². The molecule has 2 rings (SSSR count). The largest absolute Gasteiger partial charge is 0.342 e. The summed E-state index contributed by atoms with van der Waals surface area (Å²) < 4.78 is 0. The topological polar surface area (TPSA) is 75.4 Å². The van der Waals surface area contributed by atoms with E-state index in [9.17, 15) is 9.59 Å². The molecule has 1 heterocycles. The van der Waals surface area contributed by atoms with Crippen molar-refractivity contribution in [3.63, 3.8) is 0 Å². The van der Waals surface area contributed by atoms with Gasteiger partial charge in [0.1, 0.15) is 5.54 Å². The molecule has 1 aliphatic carbocycles. The van der Waals surface area contributed by atoms with E-state index in [4.69, 9.17) is 5.73 Å². The molecule has 2 amide bonds. The van der Waals surface area contributed by atoms with Gasteiger partial charge in [0, 0.05) is 26.1 Å². The van der Waals surface area contributed by atoms with Crippen molar-refractivity contribution in [1.82, 2.24) is 10.2 Å². The van der Waals surface area contributed by atoms with Crippen LogP contribution in [0.25, 0.3) is 0 Å². The smallest absolute Gasteiger partial charge is 0.248 e. The van der Waals surface area contributed by atoms with Gasteiger partial charge in [-0.3, -0.25) is 9.59 Å². The predicted molar refractivity (Wildman–Crippen MR) is 73.4 cm³/mol. The van der Waals surface area contributed by atoms with E-state index < -0.39 is 5.54 Å². The molecule has 0 aromatic rings. The van der Waals surface area contributed by atoms with Crippen molar-refractivity contribution in [2.45, 2.75) is 63.5 Å². The minimum absolute atomic E-state index is 0.106. The molecular formula is C14H25N3O2. The summed E-state index contributed by atoms with van der Waals surface area (Å²) in [5.41, 5.74) is 5.23. The number of nitrogens with two attached hydrogens (primary N) is 1. The first-order chi connectivity index (χ1) is 9.03. The van der Waals surface area contributed by atoms with E-state index in [1.54, 1.807) is 0 Å². The van der Waals surface area contributed by atoms with E-state index in [0.717, 1.165) is 58.0 Å². The third-order valence-electron chi connectivity index (χ3n) is 4.36. The number of nitrogens with zero attached hydrogens (tertiary/aromatic N) is 1. The highest BCUT2D eigenvalue weighted by molar-refractivity contribution is 5.91. The highest BCUT2D eigenvalue weighted by Crippen LogP contribution is 2.31. The quantitative estimate of drug-likeness (QED) is 0.776. The second-order valence-electron chi connectivity index (χ2n) is 5.95. The Morgan fingerprint density at radius 1 is 1.16 bits per heavy atom. The predicted octanol–water partition coefficient (Wildman–Crippen LogP) is 0.775. The Morgan fingerprint density at radius 2 is 1.74 bits per heavy atom. The summed E-state index contributed by atoms with van der Waals surface area (Å²) >= 11 is 0. The fraction of sp³-hybridized carbons (Fsp3) is 0.857. The van der Waals surface area contributed by atoms with Gasteiger partial charge in [-0.25, -0.2) is 0 Å². The molecule has 0 atom stereocenters. The fourth-order valence-corrected chi connectivity index (χ4v) is 3.29. The zero-order valence-corrected chi connectivity index (χ0v) is 11.8. The molecule has 1 aliphatic heterocycles. The molecule has 19 heavy (non-hydrogen) atoms. The first-order valence-corrected chi connectivity index (χ1v) is 7.37. The Balaban J connectivity index is 2.08. The van der Waals surface area contributed by atoms with E-state index >= 15 is 0 Å². The number of amides is 2. The normalized spacial score (nSPS) is 24.0. The average molecular weight is 267 g/mol. The molecule has 0 radical (unpaired) electrons. The van der Waals surface area contributed by atoms with Crippen molar-refractivity contribution in [2.24, 2.45) is 5.73 Å². The third kappa shape index (κ3) is 3.26. The van der Waals surface area contributed by atoms with Gasteiger partial charge < -0.3 is 16.0 Å². The van der Waals surface area contributed by atoms with E-state index in [2.05, 4.69) is 5.32 Å². The highest BCUT2D eigenvalue weighted by atomic mass is 16.2. The summed E-state index contributed by atoms with van der Waals surface area (Å²) in [5, 5.41) is 2.94. The maximum atomic E-state index is 12.8. The van der Waals surface area contributed by atoms with Gasteiger partial charge in [0.15, 0.2) is 0 Å². The summed E-state index contributed by atoms with van der Waals surface area (Å²) in [7, 11) is 0. The standard InChI is InChI=1S/C14H25N3O2/c1-11(18)16-14(7-3-2-4-8-14)13(19)17-9-5-12(15)6-10-17/h12H,2-10,15H2,1H3,(H,16,18). The van der Waals surface area contributed by atoms with Crippen LogP contribution in [-0.4, -0.2) is 41.4 Å². The molecule has 108 valence electrons. The van der Waals surface area contributed by atoms with Gasteiger partial charge in [0.25, 0.3) is 0 Å². The van der Waals surface area contributed by atoms with Crippen LogP contribution in [0.4, 0.5) is 0 Å². The van der Waals surface area contributed by atoms with Crippen LogP contribution in [0.3, 0.4) is 0 Å². The van der Waals surface area contributed by atoms with Gasteiger partial charge in [-0.2, -0.15) is 0 Å². The molecule has 0 spiro atoms. The lowest BCUT2D eigenvalue weighted by Gasteiger charge is -2.42. The van der Waals surface area contributed by atoms with Gasteiger partial charge >= 0.3 is 0 Å². The minimum atomic E-state index is -0.647. The van der Waals surface area contributed by atoms with Crippen molar-refractivity contribution in [2.75, 3.05) is 13.1 Å². The molecule has 1 saturated carbocycles. The zero-order valence-electron chi connectivity index (χ0n) is 11.8. The number of carbonyl (C=O) groups is 2. The fourth-order valence-electron chi connectivity index (χ4n) is 3.29. The van der Waals surface area contributed by atoms with Crippen LogP contribution >= 0.6 is 0 Å². The summed E-state index contributed by atoms with van der Waals surface area (Å²) in [6.45, 7) is 2.94. The molecular weight excluding hydrogens is 242 g/mol. The summed E-state index contributed by atoms with van der Waals surface area (Å²) in [6, 6.07) is 0.215. The van der Waals surface area contributed by atoms with E-state index in [1.807, 2.05) is 4.90 Å². The van der Waals surface area contributed by atoms with E-state index in [0.29, 0.717) is 0 Å². The zero-order chi connectivity index (χ0) is 13.9. The lowest BCUT2D eigenvalue weighted by atomic mass is 9.80. The van der Waals surface area contributed by atoms with Gasteiger partial charge in [-0.15, -0.1) is 0 Å². The van der Waals surface area contributed by atoms with Crippen molar-refractivity contribution in [3.05, 3.63) is 0 Å². The summed E-state index contributed by atoms with van der Waals surface area (Å²) in [6.07, 6.45) is 6.45. The second-order valence-corrected chi connectivity index (χ2v) is 5.95. The lowest BCUT2D eigenvalue weighted by molar-refractivity contribution is -0.144. The van der Waals surface area contributed by atoms with E-state index in [-0.39, 0.29) is 17.9 Å². The summed E-state index contributed by atoms with van der Waals surface area (Å²) in [4.78, 5) is 26.1. The van der Waals surface area contributed by atoms with Crippen molar-refractivity contribution in [1.29, 1.82) is 0 Å². The third-order valence-corrected chi connectivity index (χ3v) is 4.36. The average Bonchev–Trinajstić information content (AvgIpc) is 2.39. The number of hydrogen-bond acceptors (Lipinski definition) is 3. The van der Waals surface area contributed by atoms with Crippen molar-refractivity contribution in [3.8, 4) is 0 Å². The van der Waals surface area contributed by atoms with Crippen molar-refractivity contribution >= 4 is 11.8 Å². The number of piperidine rings is 1. The Hall–Kier alpha value is -1.10. The lowest BCUT2D eigenvalue weighted by Crippen LogP contribution is -2.61. The number of hydrogen-bond donors (Lipinski definition) is 2. The molecule has 0 bridgehead atoms. The van der Waals surface area contributed by atoms with Gasteiger partial charge in [0.05, 0.1) is 0 Å². The van der Waals surface area contributed by atoms with Crippen molar-refractivity contribution < 1.29 is 9.59 Å². The number of nitrogens with one attached hydrogen (secondary N) is 1.